The van der Waals surface area contributed by atoms with Crippen molar-refractivity contribution in [2.24, 2.45) is 0 Å². The van der Waals surface area contributed by atoms with Crippen LogP contribution in [-0.2, 0) is 9.47 Å². The SMILES string of the molecule is O=C1OC[C@H](CCl)O1. The summed E-state index contributed by atoms with van der Waals surface area (Å²) in [4.78, 5) is 10.1. The minimum Gasteiger partial charge on any atom is -0.430 e. The Hall–Kier alpha value is -0.440. The van der Waals surface area contributed by atoms with E-state index < -0.39 is 6.16 Å². The molecule has 46 valence electrons. The second kappa shape index (κ2) is 2.22. The molecule has 0 aromatic rings. The molecule has 1 heterocycles. The summed E-state index contributed by atoms with van der Waals surface area (Å²) in [7, 11) is 0. The van der Waals surface area contributed by atoms with Gasteiger partial charge in [-0.1, -0.05) is 0 Å². The smallest absolute Gasteiger partial charge is 0.430 e. The van der Waals surface area contributed by atoms with E-state index in [0.717, 1.165) is 0 Å². The number of hydrogen-bond acceptors (Lipinski definition) is 3. The molecule has 1 saturated heterocycles. The van der Waals surface area contributed by atoms with Gasteiger partial charge in [-0.15, -0.1) is 11.6 Å². The van der Waals surface area contributed by atoms with Crippen LogP contribution in [0.3, 0.4) is 0 Å². The first-order valence-electron chi connectivity index (χ1n) is 2.22. The average Bonchev–Trinajstić information content (AvgIpc) is 2.14. The number of carbonyl (C=O) groups is 1. The first-order valence-corrected chi connectivity index (χ1v) is 2.76. The van der Waals surface area contributed by atoms with Crippen molar-refractivity contribution in [3.63, 3.8) is 0 Å². The zero-order valence-electron chi connectivity index (χ0n) is 4.09. The molecule has 1 fully saturated rings. The quantitative estimate of drug-likeness (QED) is 0.394. The van der Waals surface area contributed by atoms with Gasteiger partial charge in [-0.2, -0.15) is 0 Å². The first-order chi connectivity index (χ1) is 3.83. The van der Waals surface area contributed by atoms with Gasteiger partial charge in [0.1, 0.15) is 6.61 Å². The molecule has 0 unspecified atom stereocenters. The highest BCUT2D eigenvalue weighted by molar-refractivity contribution is 6.18. The van der Waals surface area contributed by atoms with Crippen LogP contribution in [0.1, 0.15) is 0 Å². The lowest BCUT2D eigenvalue weighted by Crippen LogP contribution is -2.10. The number of halogens is 1. The molecule has 0 aliphatic carbocycles. The molecule has 0 aromatic carbocycles. The third kappa shape index (κ3) is 1.04. The van der Waals surface area contributed by atoms with Gasteiger partial charge in [0.05, 0.1) is 5.88 Å². The Morgan fingerprint density at radius 3 is 2.88 bits per heavy atom. The van der Waals surface area contributed by atoms with Crippen LogP contribution in [0.5, 0.6) is 0 Å². The van der Waals surface area contributed by atoms with Gasteiger partial charge in [0.2, 0.25) is 0 Å². The van der Waals surface area contributed by atoms with Gasteiger partial charge >= 0.3 is 6.16 Å². The second-order valence-electron chi connectivity index (χ2n) is 1.46. The van der Waals surface area contributed by atoms with E-state index in [4.69, 9.17) is 11.6 Å². The Morgan fingerprint density at radius 2 is 2.62 bits per heavy atom. The molecule has 1 aliphatic heterocycles. The standard InChI is InChI=1S/C4H5ClO3/c5-1-3-2-7-4(6)8-3/h3H,1-2H2/t3-/m0/s1. The van der Waals surface area contributed by atoms with Crippen molar-refractivity contribution in [3.05, 3.63) is 0 Å². The molecule has 1 rings (SSSR count). The highest BCUT2D eigenvalue weighted by atomic mass is 35.5. The summed E-state index contributed by atoms with van der Waals surface area (Å²) >= 11 is 5.32. The van der Waals surface area contributed by atoms with Crippen LogP contribution in [0, 0.1) is 0 Å². The van der Waals surface area contributed by atoms with Crippen molar-refractivity contribution in [3.8, 4) is 0 Å². The summed E-state index contributed by atoms with van der Waals surface area (Å²) < 4.78 is 8.93. The molecule has 3 nitrogen and oxygen atoms in total. The van der Waals surface area contributed by atoms with Gasteiger partial charge in [-0.3, -0.25) is 0 Å². The Labute approximate surface area is 51.5 Å². The maximum Gasteiger partial charge on any atom is 0.508 e. The van der Waals surface area contributed by atoms with E-state index in [1.165, 1.54) is 0 Å². The van der Waals surface area contributed by atoms with E-state index in [-0.39, 0.29) is 6.10 Å². The zero-order chi connectivity index (χ0) is 5.98. The van der Waals surface area contributed by atoms with Crippen molar-refractivity contribution in [2.45, 2.75) is 6.10 Å². The van der Waals surface area contributed by atoms with Crippen LogP contribution in [0.4, 0.5) is 4.79 Å². The fourth-order valence-electron chi connectivity index (χ4n) is 0.441. The molecule has 0 radical (unpaired) electrons. The maximum atomic E-state index is 10.1. The molecular weight excluding hydrogens is 131 g/mol. The number of cyclic esters (lactones) is 2. The van der Waals surface area contributed by atoms with E-state index in [0.29, 0.717) is 12.5 Å². The molecule has 0 aromatic heterocycles. The molecule has 0 amide bonds. The summed E-state index contributed by atoms with van der Waals surface area (Å²) in [6.45, 7) is 0.294. The Kier molecular flexibility index (Phi) is 1.58. The van der Waals surface area contributed by atoms with Gasteiger partial charge in [0, 0.05) is 0 Å². The average molecular weight is 137 g/mol. The van der Waals surface area contributed by atoms with Crippen molar-refractivity contribution in [1.29, 1.82) is 0 Å². The molecule has 0 bridgehead atoms. The number of carbonyl (C=O) groups excluding carboxylic acids is 1. The van der Waals surface area contributed by atoms with E-state index in [9.17, 15) is 4.79 Å². The molecular formula is C4H5ClO3. The Morgan fingerprint density at radius 1 is 1.88 bits per heavy atom. The van der Waals surface area contributed by atoms with Crippen molar-refractivity contribution in [2.75, 3.05) is 12.5 Å². The molecule has 4 heteroatoms. The lowest BCUT2D eigenvalue weighted by Gasteiger charge is -1.95. The highest BCUT2D eigenvalue weighted by Crippen LogP contribution is 2.06. The fourth-order valence-corrected chi connectivity index (χ4v) is 0.593. The molecule has 0 spiro atoms. The Balaban J connectivity index is 2.32. The number of hydrogen-bond donors (Lipinski definition) is 0. The van der Waals surface area contributed by atoms with Gasteiger partial charge in [0.25, 0.3) is 0 Å². The van der Waals surface area contributed by atoms with E-state index in [1.807, 2.05) is 0 Å². The van der Waals surface area contributed by atoms with Crippen LogP contribution in [-0.4, -0.2) is 24.7 Å². The predicted octanol–water partition coefficient (Wildman–Crippen LogP) is 0.761. The number of rotatable bonds is 1. The van der Waals surface area contributed by atoms with E-state index >= 15 is 0 Å². The van der Waals surface area contributed by atoms with Crippen LogP contribution >= 0.6 is 11.6 Å². The van der Waals surface area contributed by atoms with Gasteiger partial charge in [0.15, 0.2) is 6.10 Å². The third-order valence-electron chi connectivity index (χ3n) is 0.822. The monoisotopic (exact) mass is 136 g/mol. The van der Waals surface area contributed by atoms with Gasteiger partial charge in [-0.05, 0) is 0 Å². The minimum absolute atomic E-state index is 0.232. The van der Waals surface area contributed by atoms with Crippen LogP contribution in [0.2, 0.25) is 0 Å². The summed E-state index contributed by atoms with van der Waals surface area (Å²) in [5.74, 6) is 0.311. The summed E-state index contributed by atoms with van der Waals surface area (Å²) in [6, 6.07) is 0. The number of ether oxygens (including phenoxy) is 2. The normalized spacial score (nSPS) is 27.1. The van der Waals surface area contributed by atoms with Crippen molar-refractivity contribution < 1.29 is 14.3 Å². The lowest BCUT2D eigenvalue weighted by atomic mass is 10.4. The van der Waals surface area contributed by atoms with E-state index in [2.05, 4.69) is 9.47 Å². The summed E-state index contributed by atoms with van der Waals surface area (Å²) in [5.41, 5.74) is 0. The molecule has 1 aliphatic rings. The van der Waals surface area contributed by atoms with Crippen LogP contribution in [0.15, 0.2) is 0 Å². The third-order valence-corrected chi connectivity index (χ3v) is 1.17. The van der Waals surface area contributed by atoms with Crippen molar-refractivity contribution >= 4 is 17.8 Å². The van der Waals surface area contributed by atoms with Crippen LogP contribution < -0.4 is 0 Å². The largest absolute Gasteiger partial charge is 0.508 e. The maximum absolute atomic E-state index is 10.1. The summed E-state index contributed by atoms with van der Waals surface area (Å²) in [5, 5.41) is 0. The van der Waals surface area contributed by atoms with Gasteiger partial charge in [-0.25, -0.2) is 4.79 Å². The second-order valence-corrected chi connectivity index (χ2v) is 1.76. The van der Waals surface area contributed by atoms with Gasteiger partial charge < -0.3 is 9.47 Å². The fraction of sp³-hybridized carbons (Fsp3) is 0.750. The molecule has 1 atom stereocenters. The lowest BCUT2D eigenvalue weighted by molar-refractivity contribution is 0.122. The summed E-state index contributed by atoms with van der Waals surface area (Å²) in [6.07, 6.45) is -0.847. The zero-order valence-corrected chi connectivity index (χ0v) is 4.85. The minimum atomic E-state index is -0.615. The number of alkyl halides is 1. The van der Waals surface area contributed by atoms with Crippen LogP contribution in [0.25, 0.3) is 0 Å². The predicted molar refractivity (Wildman–Crippen MR) is 26.9 cm³/mol. The van der Waals surface area contributed by atoms with Crippen molar-refractivity contribution in [1.82, 2.24) is 0 Å². The Bertz CT molecular complexity index is 103. The highest BCUT2D eigenvalue weighted by Gasteiger charge is 2.23. The molecule has 8 heavy (non-hydrogen) atoms. The van der Waals surface area contributed by atoms with E-state index in [1.54, 1.807) is 0 Å². The first kappa shape index (κ1) is 5.69. The topological polar surface area (TPSA) is 35.5 Å². The molecule has 0 saturated carbocycles. The molecule has 0 N–H and O–H groups in total.